The summed E-state index contributed by atoms with van der Waals surface area (Å²) >= 11 is 6.51. The van der Waals surface area contributed by atoms with Gasteiger partial charge in [-0.1, -0.05) is 51.2 Å². The number of anilines is 1. The number of ketones is 1. The van der Waals surface area contributed by atoms with Crippen LogP contribution >= 0.6 is 39.0 Å². The van der Waals surface area contributed by atoms with Crippen molar-refractivity contribution in [1.82, 2.24) is 4.98 Å². The number of carbonyl (C=O) groups is 1. The first kappa shape index (κ1) is 14.0. The molecule has 1 aromatic heterocycles. The van der Waals surface area contributed by atoms with E-state index in [-0.39, 0.29) is 5.78 Å². The van der Waals surface area contributed by atoms with Crippen molar-refractivity contribution in [3.05, 3.63) is 63.6 Å². The van der Waals surface area contributed by atoms with E-state index in [0.717, 1.165) is 30.3 Å². The van der Waals surface area contributed by atoms with Crippen LogP contribution in [-0.4, -0.2) is 10.8 Å². The molecule has 0 unspecified atom stereocenters. The van der Waals surface area contributed by atoms with Crippen LogP contribution < -0.4 is 5.32 Å². The summed E-state index contributed by atoms with van der Waals surface area (Å²) in [5.41, 5.74) is 1.72. The smallest absolute Gasteiger partial charge is 0.202 e. The molecule has 1 aliphatic heterocycles. The Morgan fingerprint density at radius 2 is 2.05 bits per heavy atom. The zero-order chi connectivity index (χ0) is 15.1. The fourth-order valence-corrected chi connectivity index (χ4v) is 4.58. The van der Waals surface area contributed by atoms with Gasteiger partial charge in [0.1, 0.15) is 0 Å². The minimum absolute atomic E-state index is 0.0666. The van der Waals surface area contributed by atoms with Crippen molar-refractivity contribution in [2.75, 3.05) is 5.32 Å². The number of aromatic nitrogens is 1. The first-order valence-electron chi connectivity index (χ1n) is 6.55. The summed E-state index contributed by atoms with van der Waals surface area (Å²) in [5, 5.41) is 3.93. The number of hydrogen-bond acceptors (Lipinski definition) is 5. The molecule has 0 saturated heterocycles. The molecule has 4 rings (SSSR count). The van der Waals surface area contributed by atoms with Gasteiger partial charge in [-0.2, -0.15) is 0 Å². The van der Waals surface area contributed by atoms with E-state index in [4.69, 9.17) is 0 Å². The fourth-order valence-electron chi connectivity index (χ4n) is 2.22. The van der Waals surface area contributed by atoms with Crippen molar-refractivity contribution in [1.29, 1.82) is 0 Å². The molecule has 0 spiro atoms. The van der Waals surface area contributed by atoms with E-state index in [2.05, 4.69) is 26.2 Å². The third-order valence-electron chi connectivity index (χ3n) is 3.25. The van der Waals surface area contributed by atoms with Crippen molar-refractivity contribution in [2.24, 2.45) is 0 Å². The van der Waals surface area contributed by atoms with Gasteiger partial charge in [-0.3, -0.25) is 4.79 Å². The van der Waals surface area contributed by atoms with Crippen molar-refractivity contribution in [2.45, 2.75) is 4.90 Å². The number of benzene rings is 2. The second kappa shape index (κ2) is 5.53. The molecule has 0 aliphatic carbocycles. The molecule has 0 amide bonds. The van der Waals surface area contributed by atoms with Crippen LogP contribution in [0.3, 0.4) is 0 Å². The Labute approximate surface area is 143 Å². The average molecular weight is 389 g/mol. The van der Waals surface area contributed by atoms with Gasteiger partial charge in [0.05, 0.1) is 15.1 Å². The topological polar surface area (TPSA) is 42.0 Å². The van der Waals surface area contributed by atoms with E-state index in [1.54, 1.807) is 17.5 Å². The van der Waals surface area contributed by atoms with Crippen LogP contribution in [0, 0.1) is 0 Å². The Bertz CT molecular complexity index is 933. The molecule has 22 heavy (non-hydrogen) atoms. The SMILES string of the molecule is O=C1C(=CNc2nc3ccc(Br)cc3s2)Sc2ccccc21. The molecule has 2 heterocycles. The number of carbonyl (C=O) groups excluding carboxylic acids is 1. The lowest BCUT2D eigenvalue weighted by molar-refractivity contribution is 0.104. The van der Waals surface area contributed by atoms with Crippen molar-refractivity contribution in [3.63, 3.8) is 0 Å². The molecule has 1 aliphatic rings. The molecule has 0 fully saturated rings. The number of fused-ring (bicyclic) bond motifs is 2. The van der Waals surface area contributed by atoms with Gasteiger partial charge in [0, 0.05) is 21.1 Å². The maximum Gasteiger partial charge on any atom is 0.202 e. The summed E-state index contributed by atoms with van der Waals surface area (Å²) in [5.74, 6) is 0.0666. The summed E-state index contributed by atoms with van der Waals surface area (Å²) in [4.78, 5) is 18.5. The third kappa shape index (κ3) is 2.47. The number of Topliss-reactive ketones (excluding diaryl/α,β-unsaturated/α-hetero) is 1. The minimum Gasteiger partial charge on any atom is -0.337 e. The van der Waals surface area contributed by atoms with Gasteiger partial charge < -0.3 is 5.32 Å². The lowest BCUT2D eigenvalue weighted by atomic mass is 10.1. The van der Waals surface area contributed by atoms with Gasteiger partial charge in [0.2, 0.25) is 5.78 Å². The first-order chi connectivity index (χ1) is 10.7. The van der Waals surface area contributed by atoms with Crippen molar-refractivity contribution in [3.8, 4) is 0 Å². The van der Waals surface area contributed by atoms with Crippen molar-refractivity contribution < 1.29 is 4.79 Å². The maximum atomic E-state index is 12.3. The Kier molecular flexibility index (Phi) is 3.52. The zero-order valence-corrected chi connectivity index (χ0v) is 14.4. The Balaban J connectivity index is 1.60. The van der Waals surface area contributed by atoms with E-state index >= 15 is 0 Å². The molecule has 0 saturated carbocycles. The molecule has 108 valence electrons. The summed E-state index contributed by atoms with van der Waals surface area (Å²) < 4.78 is 2.13. The predicted octanol–water partition coefficient (Wildman–Crippen LogP) is 5.30. The van der Waals surface area contributed by atoms with E-state index < -0.39 is 0 Å². The summed E-state index contributed by atoms with van der Waals surface area (Å²) in [6.45, 7) is 0. The molecule has 0 atom stereocenters. The molecule has 6 heteroatoms. The van der Waals surface area contributed by atoms with E-state index in [1.807, 2.05) is 42.5 Å². The fraction of sp³-hybridized carbons (Fsp3) is 0. The number of nitrogens with zero attached hydrogens (tertiary/aromatic N) is 1. The quantitative estimate of drug-likeness (QED) is 0.604. The molecule has 3 aromatic rings. The van der Waals surface area contributed by atoms with Crippen LogP contribution in [0.25, 0.3) is 10.2 Å². The van der Waals surface area contributed by atoms with Crippen LogP contribution in [0.5, 0.6) is 0 Å². The number of allylic oxidation sites excluding steroid dienone is 1. The molecular formula is C16H9BrN2OS2. The van der Waals surface area contributed by atoms with Crippen LogP contribution in [0.15, 0.2) is 62.9 Å². The number of nitrogens with one attached hydrogen (secondary N) is 1. The van der Waals surface area contributed by atoms with Gasteiger partial charge >= 0.3 is 0 Å². The van der Waals surface area contributed by atoms with Crippen molar-refractivity contribution >= 4 is 60.2 Å². The second-order valence-corrected chi connectivity index (χ2v) is 7.74. The van der Waals surface area contributed by atoms with E-state index in [1.165, 1.54) is 11.8 Å². The number of thioether (sulfide) groups is 1. The highest BCUT2D eigenvalue weighted by Gasteiger charge is 2.25. The van der Waals surface area contributed by atoms with E-state index in [9.17, 15) is 4.79 Å². The minimum atomic E-state index is 0.0666. The number of thiazole rings is 1. The van der Waals surface area contributed by atoms with Crippen LogP contribution in [0.4, 0.5) is 5.13 Å². The summed E-state index contributed by atoms with van der Waals surface area (Å²) in [7, 11) is 0. The maximum absolute atomic E-state index is 12.3. The number of halogens is 1. The van der Waals surface area contributed by atoms with Crippen LogP contribution in [0.1, 0.15) is 10.4 Å². The second-order valence-electron chi connectivity index (χ2n) is 4.71. The van der Waals surface area contributed by atoms with Gasteiger partial charge in [0.15, 0.2) is 5.13 Å². The van der Waals surface area contributed by atoms with Crippen LogP contribution in [-0.2, 0) is 0 Å². The first-order valence-corrected chi connectivity index (χ1v) is 8.98. The Hall–Kier alpha value is -1.63. The predicted molar refractivity (Wildman–Crippen MR) is 95.7 cm³/mol. The molecule has 3 nitrogen and oxygen atoms in total. The normalized spacial score (nSPS) is 15.5. The highest BCUT2D eigenvalue weighted by molar-refractivity contribution is 9.10. The van der Waals surface area contributed by atoms with Gasteiger partial charge in [-0.15, -0.1) is 0 Å². The highest BCUT2D eigenvalue weighted by Crippen LogP contribution is 2.39. The Morgan fingerprint density at radius 1 is 1.18 bits per heavy atom. The molecule has 2 aromatic carbocycles. The lowest BCUT2D eigenvalue weighted by Crippen LogP contribution is -1.97. The van der Waals surface area contributed by atoms with Gasteiger partial charge in [-0.05, 0) is 30.3 Å². The van der Waals surface area contributed by atoms with Gasteiger partial charge in [-0.25, -0.2) is 4.98 Å². The summed E-state index contributed by atoms with van der Waals surface area (Å²) in [6.07, 6.45) is 1.75. The summed E-state index contributed by atoms with van der Waals surface area (Å²) in [6, 6.07) is 13.6. The highest BCUT2D eigenvalue weighted by atomic mass is 79.9. The molecular weight excluding hydrogens is 380 g/mol. The number of hydrogen-bond donors (Lipinski definition) is 1. The largest absolute Gasteiger partial charge is 0.337 e. The zero-order valence-electron chi connectivity index (χ0n) is 11.2. The molecule has 0 radical (unpaired) electrons. The number of rotatable bonds is 2. The van der Waals surface area contributed by atoms with Crippen LogP contribution in [0.2, 0.25) is 0 Å². The third-order valence-corrected chi connectivity index (χ3v) is 5.79. The van der Waals surface area contributed by atoms with Gasteiger partial charge in [0.25, 0.3) is 0 Å². The lowest BCUT2D eigenvalue weighted by Gasteiger charge is -1.95. The molecule has 1 N–H and O–H groups in total. The molecule has 0 bridgehead atoms. The monoisotopic (exact) mass is 388 g/mol. The standard InChI is InChI=1S/C16H9BrN2OS2/c17-9-5-6-11-13(7-9)22-16(19-11)18-8-14-15(20)10-3-1-2-4-12(10)21-14/h1-8H,(H,18,19). The average Bonchev–Trinajstić information content (AvgIpc) is 3.06. The Morgan fingerprint density at radius 3 is 2.91 bits per heavy atom. The van der Waals surface area contributed by atoms with E-state index in [0.29, 0.717) is 4.91 Å².